The molecule has 2 unspecified atom stereocenters. The number of hydrogen-bond donors (Lipinski definition) is 0. The molecule has 2 aliphatic rings. The number of thiophene rings is 1. The summed E-state index contributed by atoms with van der Waals surface area (Å²) in [6, 6.07) is 10.5. The fourth-order valence-corrected chi connectivity index (χ4v) is 4.66. The summed E-state index contributed by atoms with van der Waals surface area (Å²) in [5.41, 5.74) is 1.27. The molecule has 0 amide bonds. The first kappa shape index (κ1) is 17.4. The van der Waals surface area contributed by atoms with Gasteiger partial charge in [-0.1, -0.05) is 17.6 Å². The van der Waals surface area contributed by atoms with Crippen LogP contribution in [0, 0.1) is 5.82 Å². The summed E-state index contributed by atoms with van der Waals surface area (Å²) in [7, 11) is 0. The molecule has 2 saturated heterocycles. The van der Waals surface area contributed by atoms with Crippen molar-refractivity contribution >= 4 is 23.0 Å². The Balaban J connectivity index is 1.40. The van der Waals surface area contributed by atoms with Gasteiger partial charge in [0, 0.05) is 36.3 Å². The second kappa shape index (κ2) is 7.68. The summed E-state index contributed by atoms with van der Waals surface area (Å²) >= 11 is 1.80. The molecule has 0 spiro atoms. The van der Waals surface area contributed by atoms with Crippen molar-refractivity contribution in [3.63, 3.8) is 0 Å². The number of carbonyl (C=O) groups excluding carboxylic acids is 1. The second-order valence-electron chi connectivity index (χ2n) is 6.94. The molecule has 2 fully saturated rings. The van der Waals surface area contributed by atoms with Crippen molar-refractivity contribution in [2.45, 2.75) is 50.7 Å². The number of nitrogens with zero attached hydrogens (tertiary/aromatic N) is 2. The van der Waals surface area contributed by atoms with E-state index >= 15 is 0 Å². The van der Waals surface area contributed by atoms with Crippen molar-refractivity contribution in [2.24, 2.45) is 5.16 Å². The van der Waals surface area contributed by atoms with E-state index in [2.05, 4.69) is 27.6 Å². The maximum absolute atomic E-state index is 12.9. The molecule has 0 N–H and O–H groups in total. The average molecular weight is 372 g/mol. The number of hydrogen-bond acceptors (Lipinski definition) is 5. The zero-order valence-corrected chi connectivity index (χ0v) is 15.3. The van der Waals surface area contributed by atoms with Gasteiger partial charge in [-0.3, -0.25) is 4.90 Å². The molecule has 3 heterocycles. The van der Waals surface area contributed by atoms with Crippen LogP contribution in [-0.4, -0.2) is 28.7 Å². The first-order chi connectivity index (χ1) is 12.7. The lowest BCUT2D eigenvalue weighted by atomic mass is 9.83. The highest BCUT2D eigenvalue weighted by Gasteiger charge is 2.37. The highest BCUT2D eigenvalue weighted by atomic mass is 32.1. The third-order valence-corrected chi connectivity index (χ3v) is 6.07. The quantitative estimate of drug-likeness (QED) is 0.581. The van der Waals surface area contributed by atoms with Gasteiger partial charge in [-0.25, -0.2) is 9.18 Å². The van der Waals surface area contributed by atoms with Crippen LogP contribution in [0.2, 0.25) is 0 Å². The van der Waals surface area contributed by atoms with Gasteiger partial charge in [-0.2, -0.15) is 0 Å². The van der Waals surface area contributed by atoms with E-state index in [0.717, 1.165) is 37.9 Å². The highest BCUT2D eigenvalue weighted by Crippen LogP contribution is 2.34. The minimum Gasteiger partial charge on any atom is -0.313 e. The molecule has 4 rings (SSSR count). The minimum atomic E-state index is -0.538. The maximum atomic E-state index is 12.9. The van der Waals surface area contributed by atoms with Crippen LogP contribution in [0.4, 0.5) is 4.39 Å². The summed E-state index contributed by atoms with van der Waals surface area (Å²) < 4.78 is 12.9. The van der Waals surface area contributed by atoms with E-state index in [4.69, 9.17) is 4.84 Å². The first-order valence-corrected chi connectivity index (χ1v) is 9.88. The summed E-state index contributed by atoms with van der Waals surface area (Å²) in [4.78, 5) is 21.2. The number of piperidine rings is 2. The zero-order chi connectivity index (χ0) is 17.9. The number of fused-ring (bicyclic) bond motifs is 2. The molecule has 0 saturated carbocycles. The molecule has 2 aromatic rings. The SMILES string of the molecule is O=C(ON=C1CC2CCCC(C1)N2Cc1cccs1)c1ccc(F)cc1. The topological polar surface area (TPSA) is 41.9 Å². The van der Waals surface area contributed by atoms with Crippen LogP contribution >= 0.6 is 11.3 Å². The predicted molar refractivity (Wildman–Crippen MR) is 99.8 cm³/mol. The molecule has 2 atom stereocenters. The van der Waals surface area contributed by atoms with Gasteiger partial charge in [-0.15, -0.1) is 11.3 Å². The van der Waals surface area contributed by atoms with Gasteiger partial charge in [0.05, 0.1) is 11.3 Å². The normalized spacial score (nSPS) is 22.9. The van der Waals surface area contributed by atoms with Crippen molar-refractivity contribution in [1.82, 2.24) is 4.90 Å². The van der Waals surface area contributed by atoms with Crippen LogP contribution in [0.1, 0.15) is 47.3 Å². The number of benzene rings is 1. The Labute approximate surface area is 156 Å². The molecule has 0 aliphatic carbocycles. The lowest BCUT2D eigenvalue weighted by Gasteiger charge is -2.46. The van der Waals surface area contributed by atoms with E-state index in [0.29, 0.717) is 17.6 Å². The average Bonchev–Trinajstić information content (AvgIpc) is 3.13. The van der Waals surface area contributed by atoms with E-state index in [1.54, 1.807) is 11.3 Å². The first-order valence-electron chi connectivity index (χ1n) is 9.00. The van der Waals surface area contributed by atoms with Crippen molar-refractivity contribution in [3.8, 4) is 0 Å². The number of oxime groups is 1. The van der Waals surface area contributed by atoms with Crippen molar-refractivity contribution in [3.05, 3.63) is 58.0 Å². The summed E-state index contributed by atoms with van der Waals surface area (Å²) in [6.45, 7) is 0.996. The van der Waals surface area contributed by atoms with Gasteiger partial charge in [0.15, 0.2) is 0 Å². The Hall–Kier alpha value is -2.05. The summed E-state index contributed by atoms with van der Waals surface area (Å²) in [5, 5.41) is 6.27. The Morgan fingerprint density at radius 2 is 1.92 bits per heavy atom. The molecule has 1 aromatic heterocycles. The van der Waals surface area contributed by atoms with E-state index in [1.165, 1.54) is 35.6 Å². The predicted octanol–water partition coefficient (Wildman–Crippen LogP) is 4.62. The van der Waals surface area contributed by atoms with Gasteiger partial charge < -0.3 is 4.84 Å². The van der Waals surface area contributed by atoms with Crippen LogP contribution in [0.25, 0.3) is 0 Å². The lowest BCUT2D eigenvalue weighted by Crippen LogP contribution is -2.51. The molecule has 26 heavy (non-hydrogen) atoms. The van der Waals surface area contributed by atoms with Gasteiger partial charge in [0.25, 0.3) is 0 Å². The van der Waals surface area contributed by atoms with E-state index in [9.17, 15) is 9.18 Å². The molecule has 1 aromatic carbocycles. The number of rotatable bonds is 4. The third-order valence-electron chi connectivity index (χ3n) is 5.21. The fourth-order valence-electron chi connectivity index (χ4n) is 3.94. The number of halogens is 1. The fraction of sp³-hybridized carbons (Fsp3) is 0.400. The van der Waals surface area contributed by atoms with Crippen LogP contribution < -0.4 is 0 Å². The largest absolute Gasteiger partial charge is 0.365 e. The summed E-state index contributed by atoms with van der Waals surface area (Å²) in [6.07, 6.45) is 5.26. The highest BCUT2D eigenvalue weighted by molar-refractivity contribution is 7.09. The van der Waals surface area contributed by atoms with Crippen molar-refractivity contribution in [2.75, 3.05) is 0 Å². The second-order valence-corrected chi connectivity index (χ2v) is 7.97. The molecular formula is C20H21FN2O2S. The smallest absolute Gasteiger partial charge is 0.313 e. The van der Waals surface area contributed by atoms with Gasteiger partial charge in [0.1, 0.15) is 5.82 Å². The third kappa shape index (κ3) is 3.86. The van der Waals surface area contributed by atoms with Gasteiger partial charge >= 0.3 is 5.97 Å². The van der Waals surface area contributed by atoms with E-state index < -0.39 is 5.97 Å². The lowest BCUT2D eigenvalue weighted by molar-refractivity contribution is 0.0478. The van der Waals surface area contributed by atoms with Crippen LogP contribution in [0.3, 0.4) is 0 Å². The van der Waals surface area contributed by atoms with Crippen LogP contribution in [-0.2, 0) is 11.4 Å². The Bertz CT molecular complexity index is 773. The monoisotopic (exact) mass is 372 g/mol. The minimum absolute atomic E-state index is 0.311. The summed E-state index contributed by atoms with van der Waals surface area (Å²) in [5.74, 6) is -0.914. The maximum Gasteiger partial charge on any atom is 0.365 e. The molecule has 0 radical (unpaired) electrons. The Kier molecular flexibility index (Phi) is 5.13. The molecule has 2 aliphatic heterocycles. The van der Waals surface area contributed by atoms with Crippen molar-refractivity contribution in [1.29, 1.82) is 0 Å². The van der Waals surface area contributed by atoms with Crippen LogP contribution in [0.15, 0.2) is 46.9 Å². The van der Waals surface area contributed by atoms with E-state index in [1.807, 2.05) is 0 Å². The van der Waals surface area contributed by atoms with Crippen LogP contribution in [0.5, 0.6) is 0 Å². The standard InChI is InChI=1S/C20H21FN2O2S/c21-15-8-6-14(7-9-15)20(24)25-22-16-11-17-3-1-4-18(12-16)23(17)13-19-5-2-10-26-19/h2,5-10,17-18H,1,3-4,11-13H2. The van der Waals surface area contributed by atoms with Gasteiger partial charge in [0.2, 0.25) is 0 Å². The van der Waals surface area contributed by atoms with Gasteiger partial charge in [-0.05, 0) is 48.6 Å². The zero-order valence-electron chi connectivity index (χ0n) is 14.4. The molecule has 136 valence electrons. The van der Waals surface area contributed by atoms with E-state index in [-0.39, 0.29) is 5.82 Å². The number of carbonyl (C=O) groups is 1. The molecular weight excluding hydrogens is 351 g/mol. The Morgan fingerprint density at radius 3 is 2.58 bits per heavy atom. The Morgan fingerprint density at radius 1 is 1.19 bits per heavy atom. The molecule has 2 bridgehead atoms. The molecule has 4 nitrogen and oxygen atoms in total. The van der Waals surface area contributed by atoms with Crippen molar-refractivity contribution < 1.29 is 14.0 Å². The molecule has 6 heteroatoms.